The van der Waals surface area contributed by atoms with Gasteiger partial charge in [0.1, 0.15) is 5.82 Å². The smallest absolute Gasteiger partial charge is 0.338 e. The first kappa shape index (κ1) is 14.1. The Kier molecular flexibility index (Phi) is 3.77. The molecule has 1 aromatic rings. The molecule has 2 amide bonds. The van der Waals surface area contributed by atoms with Crippen LogP contribution in [0.4, 0.5) is 13.6 Å². The Bertz CT molecular complexity index is 521. The van der Waals surface area contributed by atoms with E-state index in [-0.39, 0.29) is 30.9 Å². The Morgan fingerprint density at radius 1 is 1.40 bits per heavy atom. The number of hydrogen-bond acceptors (Lipinski definition) is 4. The van der Waals surface area contributed by atoms with E-state index >= 15 is 0 Å². The van der Waals surface area contributed by atoms with Gasteiger partial charge in [-0.05, 0) is 0 Å². The van der Waals surface area contributed by atoms with Gasteiger partial charge in [-0.15, -0.1) is 0 Å². The number of hydrogen-bond donors (Lipinski definition) is 2. The van der Waals surface area contributed by atoms with Crippen molar-refractivity contribution >= 4 is 12.0 Å². The number of aromatic nitrogens is 2. The highest BCUT2D eigenvalue weighted by atomic mass is 19.3. The SMILES string of the molecule is O=C(O)c1cnc(CNC(=O)N2CCC(F)(F)C2)nc1. The molecule has 1 aromatic heterocycles. The van der Waals surface area contributed by atoms with Crippen LogP contribution in [0, 0.1) is 0 Å². The standard InChI is InChI=1S/C11H12F2N4O3/c12-11(13)1-2-17(6-11)10(20)16-5-8-14-3-7(4-15-8)9(18)19/h3-4H,1-2,5-6H2,(H,16,20)(H,18,19). The zero-order valence-electron chi connectivity index (χ0n) is 10.3. The lowest BCUT2D eigenvalue weighted by molar-refractivity contribution is 0.0153. The summed E-state index contributed by atoms with van der Waals surface area (Å²) >= 11 is 0. The zero-order chi connectivity index (χ0) is 14.8. The maximum absolute atomic E-state index is 12.9. The number of rotatable bonds is 3. The van der Waals surface area contributed by atoms with Crippen LogP contribution in [-0.2, 0) is 6.54 Å². The number of carbonyl (C=O) groups excluding carboxylic acids is 1. The van der Waals surface area contributed by atoms with E-state index in [9.17, 15) is 18.4 Å². The van der Waals surface area contributed by atoms with Crippen molar-refractivity contribution in [3.63, 3.8) is 0 Å². The first-order valence-corrected chi connectivity index (χ1v) is 5.82. The summed E-state index contributed by atoms with van der Waals surface area (Å²) < 4.78 is 25.9. The molecule has 1 aliphatic heterocycles. The molecule has 1 aliphatic rings. The van der Waals surface area contributed by atoms with Crippen molar-refractivity contribution in [3.8, 4) is 0 Å². The van der Waals surface area contributed by atoms with Crippen molar-refractivity contribution in [1.29, 1.82) is 0 Å². The second-order valence-electron chi connectivity index (χ2n) is 4.38. The molecule has 7 nitrogen and oxygen atoms in total. The molecule has 108 valence electrons. The Balaban J connectivity index is 1.86. The quantitative estimate of drug-likeness (QED) is 0.854. The third-order valence-electron chi connectivity index (χ3n) is 2.81. The van der Waals surface area contributed by atoms with E-state index < -0.39 is 24.5 Å². The van der Waals surface area contributed by atoms with Crippen LogP contribution in [0.5, 0.6) is 0 Å². The van der Waals surface area contributed by atoms with Crippen LogP contribution in [-0.4, -0.2) is 51.0 Å². The normalized spacial score (nSPS) is 17.0. The van der Waals surface area contributed by atoms with Crippen LogP contribution >= 0.6 is 0 Å². The number of likely N-dealkylation sites (tertiary alicyclic amines) is 1. The molecule has 0 saturated carbocycles. The highest BCUT2D eigenvalue weighted by Crippen LogP contribution is 2.26. The van der Waals surface area contributed by atoms with E-state index in [0.29, 0.717) is 0 Å². The van der Waals surface area contributed by atoms with E-state index in [4.69, 9.17) is 5.11 Å². The second-order valence-corrected chi connectivity index (χ2v) is 4.38. The Morgan fingerprint density at radius 3 is 2.55 bits per heavy atom. The highest BCUT2D eigenvalue weighted by Gasteiger charge is 2.40. The minimum atomic E-state index is -2.84. The van der Waals surface area contributed by atoms with Crippen LogP contribution in [0.25, 0.3) is 0 Å². The minimum Gasteiger partial charge on any atom is -0.478 e. The lowest BCUT2D eigenvalue weighted by Gasteiger charge is -2.16. The van der Waals surface area contributed by atoms with Gasteiger partial charge < -0.3 is 15.3 Å². The largest absolute Gasteiger partial charge is 0.478 e. The summed E-state index contributed by atoms with van der Waals surface area (Å²) in [5, 5.41) is 11.1. The van der Waals surface area contributed by atoms with Gasteiger partial charge in [-0.25, -0.2) is 28.3 Å². The van der Waals surface area contributed by atoms with E-state index in [1.54, 1.807) is 0 Å². The molecule has 0 aromatic carbocycles. The number of carbonyl (C=O) groups is 2. The number of carboxylic acid groups (broad SMARTS) is 1. The Hall–Kier alpha value is -2.32. The summed E-state index contributed by atoms with van der Waals surface area (Å²) in [5.41, 5.74) is -0.0701. The van der Waals surface area contributed by atoms with E-state index in [1.165, 1.54) is 0 Å². The van der Waals surface area contributed by atoms with E-state index in [1.807, 2.05) is 0 Å². The average molecular weight is 286 g/mol. The van der Waals surface area contributed by atoms with Crippen molar-refractivity contribution in [2.75, 3.05) is 13.1 Å². The fraction of sp³-hybridized carbons (Fsp3) is 0.455. The van der Waals surface area contributed by atoms with Gasteiger partial charge in [0.2, 0.25) is 0 Å². The van der Waals surface area contributed by atoms with Crippen molar-refractivity contribution < 1.29 is 23.5 Å². The molecule has 0 aliphatic carbocycles. The number of amides is 2. The number of halogens is 2. The summed E-state index contributed by atoms with van der Waals surface area (Å²) in [7, 11) is 0. The molecular weight excluding hydrogens is 274 g/mol. The third kappa shape index (κ3) is 3.37. The van der Waals surface area contributed by atoms with Gasteiger partial charge in [0.05, 0.1) is 18.7 Å². The summed E-state index contributed by atoms with van der Waals surface area (Å²) in [5.74, 6) is -3.79. The topological polar surface area (TPSA) is 95.4 Å². The van der Waals surface area contributed by atoms with Gasteiger partial charge in [0.15, 0.2) is 0 Å². The van der Waals surface area contributed by atoms with E-state index in [2.05, 4.69) is 15.3 Å². The maximum Gasteiger partial charge on any atom is 0.338 e. The molecule has 0 unspecified atom stereocenters. The van der Waals surface area contributed by atoms with E-state index in [0.717, 1.165) is 17.3 Å². The van der Waals surface area contributed by atoms with Crippen LogP contribution in [0.3, 0.4) is 0 Å². The number of nitrogens with zero attached hydrogens (tertiary/aromatic N) is 3. The number of carboxylic acids is 1. The second kappa shape index (κ2) is 5.35. The molecule has 2 N–H and O–H groups in total. The predicted octanol–water partition coefficient (Wildman–Crippen LogP) is 0.725. The molecule has 1 fully saturated rings. The molecule has 0 bridgehead atoms. The van der Waals surface area contributed by atoms with Crippen LogP contribution in [0.2, 0.25) is 0 Å². The predicted molar refractivity (Wildman–Crippen MR) is 62.4 cm³/mol. The Labute approximate surface area is 112 Å². The molecule has 2 heterocycles. The number of alkyl halides is 2. The Morgan fingerprint density at radius 2 is 2.05 bits per heavy atom. The zero-order valence-corrected chi connectivity index (χ0v) is 10.3. The van der Waals surface area contributed by atoms with Crippen molar-refractivity contribution in [1.82, 2.24) is 20.2 Å². The lowest BCUT2D eigenvalue weighted by atomic mass is 10.3. The molecule has 0 radical (unpaired) electrons. The van der Waals surface area contributed by atoms with Gasteiger partial charge in [-0.3, -0.25) is 0 Å². The van der Waals surface area contributed by atoms with Gasteiger partial charge in [-0.2, -0.15) is 0 Å². The van der Waals surface area contributed by atoms with Gasteiger partial charge in [0, 0.05) is 25.4 Å². The highest BCUT2D eigenvalue weighted by molar-refractivity contribution is 5.86. The first-order chi connectivity index (χ1) is 9.37. The summed E-state index contributed by atoms with van der Waals surface area (Å²) in [4.78, 5) is 30.7. The van der Waals surface area contributed by atoms with Gasteiger partial charge in [0.25, 0.3) is 5.92 Å². The molecule has 0 spiro atoms. The van der Waals surface area contributed by atoms with Crippen LogP contribution < -0.4 is 5.32 Å². The first-order valence-electron chi connectivity index (χ1n) is 5.82. The fourth-order valence-corrected chi connectivity index (χ4v) is 1.73. The summed E-state index contributed by atoms with van der Waals surface area (Å²) in [6.45, 7) is -0.657. The molecule has 2 rings (SSSR count). The van der Waals surface area contributed by atoms with Crippen LogP contribution in [0.15, 0.2) is 12.4 Å². The van der Waals surface area contributed by atoms with Crippen molar-refractivity contribution in [3.05, 3.63) is 23.8 Å². The lowest BCUT2D eigenvalue weighted by Crippen LogP contribution is -2.39. The van der Waals surface area contributed by atoms with Gasteiger partial charge >= 0.3 is 12.0 Å². The minimum absolute atomic E-state index is 0.00234. The fourth-order valence-electron chi connectivity index (χ4n) is 1.73. The molecule has 9 heteroatoms. The van der Waals surface area contributed by atoms with Crippen LogP contribution in [0.1, 0.15) is 22.6 Å². The monoisotopic (exact) mass is 286 g/mol. The third-order valence-corrected chi connectivity index (χ3v) is 2.81. The molecule has 20 heavy (non-hydrogen) atoms. The number of aromatic carboxylic acids is 1. The molecule has 1 saturated heterocycles. The van der Waals surface area contributed by atoms with Crippen molar-refractivity contribution in [2.24, 2.45) is 0 Å². The van der Waals surface area contributed by atoms with Crippen molar-refractivity contribution in [2.45, 2.75) is 18.9 Å². The maximum atomic E-state index is 12.9. The summed E-state index contributed by atoms with van der Waals surface area (Å²) in [6.07, 6.45) is 1.88. The average Bonchev–Trinajstić information content (AvgIpc) is 2.77. The number of nitrogens with one attached hydrogen (secondary N) is 1. The summed E-state index contributed by atoms with van der Waals surface area (Å²) in [6, 6.07) is -0.618. The van der Waals surface area contributed by atoms with Gasteiger partial charge in [-0.1, -0.05) is 0 Å². The molecule has 0 atom stereocenters. The molecular formula is C11H12F2N4O3. The number of urea groups is 1.